The second-order valence-corrected chi connectivity index (χ2v) is 4.90. The molecule has 0 saturated carbocycles. The van der Waals surface area contributed by atoms with Crippen molar-refractivity contribution in [1.29, 1.82) is 0 Å². The summed E-state index contributed by atoms with van der Waals surface area (Å²) in [6.45, 7) is 3.30. The lowest BCUT2D eigenvalue weighted by Crippen LogP contribution is -2.32. The topological polar surface area (TPSA) is 63.4 Å². The fraction of sp³-hybridized carbons (Fsp3) is 1.00. The van der Waals surface area contributed by atoms with Gasteiger partial charge in [-0.15, -0.1) is 0 Å². The molecule has 1 fully saturated rings. The summed E-state index contributed by atoms with van der Waals surface area (Å²) in [4.78, 5) is 0. The van der Waals surface area contributed by atoms with Crippen LogP contribution in [0, 0.1) is 0 Å². The van der Waals surface area contributed by atoms with Crippen LogP contribution in [0.3, 0.4) is 0 Å². The smallest absolute Gasteiger partial charge is 0.218 e. The van der Waals surface area contributed by atoms with Crippen molar-refractivity contribution in [2.45, 2.75) is 18.6 Å². The molecule has 4 nitrogen and oxygen atoms in total. The van der Waals surface area contributed by atoms with Crippen molar-refractivity contribution in [2.24, 2.45) is 5.73 Å². The number of hydrogen-bond acceptors (Lipinski definition) is 3. The maximum atomic E-state index is 11.4. The molecule has 5 heteroatoms. The fourth-order valence-electron chi connectivity index (χ4n) is 1.35. The van der Waals surface area contributed by atoms with Gasteiger partial charge in [-0.25, -0.2) is 12.7 Å². The number of rotatable bonds is 2. The zero-order chi connectivity index (χ0) is 8.48. The Hall–Kier alpha value is -0.130. The van der Waals surface area contributed by atoms with Crippen LogP contribution in [-0.2, 0) is 10.0 Å². The lowest BCUT2D eigenvalue weighted by molar-refractivity contribution is 0.463. The van der Waals surface area contributed by atoms with Crippen LogP contribution < -0.4 is 5.73 Å². The van der Waals surface area contributed by atoms with E-state index in [9.17, 15) is 8.42 Å². The van der Waals surface area contributed by atoms with Crippen molar-refractivity contribution >= 4 is 10.0 Å². The molecule has 11 heavy (non-hydrogen) atoms. The van der Waals surface area contributed by atoms with Gasteiger partial charge in [0.05, 0.1) is 5.25 Å². The van der Waals surface area contributed by atoms with Gasteiger partial charge in [-0.1, -0.05) is 6.92 Å². The molecular weight excluding hydrogens is 164 g/mol. The first-order valence-electron chi connectivity index (χ1n) is 3.82. The van der Waals surface area contributed by atoms with Gasteiger partial charge in [0, 0.05) is 19.6 Å². The lowest BCUT2D eigenvalue weighted by Gasteiger charge is -2.12. The zero-order valence-corrected chi connectivity index (χ0v) is 7.47. The van der Waals surface area contributed by atoms with E-state index in [4.69, 9.17) is 5.73 Å². The Bertz CT molecular complexity index is 207. The van der Waals surface area contributed by atoms with E-state index in [1.54, 1.807) is 0 Å². The molecule has 1 aliphatic rings. The molecule has 1 saturated heterocycles. The SMILES string of the molecule is CCN1CCC(CN)S1(=O)=O. The maximum absolute atomic E-state index is 11.4. The molecule has 66 valence electrons. The first-order valence-corrected chi connectivity index (χ1v) is 5.32. The third-order valence-electron chi connectivity index (χ3n) is 2.10. The van der Waals surface area contributed by atoms with Crippen LogP contribution >= 0.6 is 0 Å². The van der Waals surface area contributed by atoms with E-state index in [0.717, 1.165) is 0 Å². The Morgan fingerprint density at radius 3 is 2.55 bits per heavy atom. The summed E-state index contributed by atoms with van der Waals surface area (Å²) in [5.41, 5.74) is 5.32. The number of nitrogens with two attached hydrogens (primary N) is 1. The summed E-state index contributed by atoms with van der Waals surface area (Å²) in [6, 6.07) is 0. The Kier molecular flexibility index (Phi) is 2.51. The van der Waals surface area contributed by atoms with Gasteiger partial charge in [-0.3, -0.25) is 0 Å². The van der Waals surface area contributed by atoms with Gasteiger partial charge in [0.25, 0.3) is 0 Å². The van der Waals surface area contributed by atoms with E-state index < -0.39 is 10.0 Å². The van der Waals surface area contributed by atoms with Crippen LogP contribution in [0.15, 0.2) is 0 Å². The lowest BCUT2D eigenvalue weighted by atomic mass is 10.3. The second kappa shape index (κ2) is 3.08. The third kappa shape index (κ3) is 1.40. The van der Waals surface area contributed by atoms with Crippen LogP contribution in [0.1, 0.15) is 13.3 Å². The van der Waals surface area contributed by atoms with E-state index in [1.165, 1.54) is 4.31 Å². The predicted octanol–water partition coefficient (Wildman–Crippen LogP) is -0.631. The van der Waals surface area contributed by atoms with E-state index in [-0.39, 0.29) is 11.8 Å². The predicted molar refractivity (Wildman–Crippen MR) is 43.6 cm³/mol. The van der Waals surface area contributed by atoms with Gasteiger partial charge in [-0.2, -0.15) is 0 Å². The Morgan fingerprint density at radius 1 is 1.64 bits per heavy atom. The van der Waals surface area contributed by atoms with Gasteiger partial charge < -0.3 is 5.73 Å². The summed E-state index contributed by atoms with van der Waals surface area (Å²) in [5, 5.41) is -0.331. The van der Waals surface area contributed by atoms with Gasteiger partial charge >= 0.3 is 0 Å². The average Bonchev–Trinajstić information content (AvgIpc) is 2.24. The highest BCUT2D eigenvalue weighted by Crippen LogP contribution is 2.19. The summed E-state index contributed by atoms with van der Waals surface area (Å²) in [5.74, 6) is 0. The van der Waals surface area contributed by atoms with Gasteiger partial charge in [0.15, 0.2) is 0 Å². The molecule has 0 aromatic carbocycles. The second-order valence-electron chi connectivity index (χ2n) is 2.68. The minimum absolute atomic E-state index is 0.249. The molecule has 1 rings (SSSR count). The van der Waals surface area contributed by atoms with Crippen LogP contribution in [0.4, 0.5) is 0 Å². The van der Waals surface area contributed by atoms with Crippen molar-refractivity contribution < 1.29 is 8.42 Å². The molecule has 2 N–H and O–H groups in total. The monoisotopic (exact) mass is 178 g/mol. The van der Waals surface area contributed by atoms with Gasteiger partial charge in [0.2, 0.25) is 10.0 Å². The van der Waals surface area contributed by atoms with E-state index in [0.29, 0.717) is 19.5 Å². The minimum Gasteiger partial charge on any atom is -0.329 e. The molecule has 1 aliphatic heterocycles. The number of nitrogens with zero attached hydrogens (tertiary/aromatic N) is 1. The Balaban J connectivity index is 2.81. The van der Waals surface area contributed by atoms with Crippen molar-refractivity contribution in [3.05, 3.63) is 0 Å². The number of hydrogen-bond donors (Lipinski definition) is 1. The highest BCUT2D eigenvalue weighted by Gasteiger charge is 2.36. The van der Waals surface area contributed by atoms with E-state index in [1.807, 2.05) is 6.92 Å². The van der Waals surface area contributed by atoms with Gasteiger partial charge in [0.1, 0.15) is 0 Å². The van der Waals surface area contributed by atoms with Crippen LogP contribution in [-0.4, -0.2) is 37.6 Å². The standard InChI is InChI=1S/C6H14N2O2S/c1-2-8-4-3-6(5-7)11(8,9)10/h6H,2-5,7H2,1H3. The molecule has 0 aromatic rings. The Morgan fingerprint density at radius 2 is 2.27 bits per heavy atom. The zero-order valence-electron chi connectivity index (χ0n) is 6.66. The van der Waals surface area contributed by atoms with Crippen LogP contribution in [0.5, 0.6) is 0 Å². The van der Waals surface area contributed by atoms with Crippen molar-refractivity contribution in [3.8, 4) is 0 Å². The molecule has 1 heterocycles. The molecule has 0 aromatic heterocycles. The van der Waals surface area contributed by atoms with Crippen LogP contribution in [0.2, 0.25) is 0 Å². The summed E-state index contributed by atoms with van der Waals surface area (Å²) < 4.78 is 24.3. The van der Waals surface area contributed by atoms with E-state index >= 15 is 0 Å². The fourth-order valence-corrected chi connectivity index (χ4v) is 3.14. The first kappa shape index (κ1) is 8.96. The molecular formula is C6H14N2O2S. The molecule has 0 bridgehead atoms. The molecule has 0 spiro atoms. The molecule has 0 radical (unpaired) electrons. The van der Waals surface area contributed by atoms with E-state index in [2.05, 4.69) is 0 Å². The summed E-state index contributed by atoms with van der Waals surface area (Å²) in [6.07, 6.45) is 0.687. The maximum Gasteiger partial charge on any atom is 0.218 e. The summed E-state index contributed by atoms with van der Waals surface area (Å²) >= 11 is 0. The van der Waals surface area contributed by atoms with Gasteiger partial charge in [-0.05, 0) is 6.42 Å². The normalized spacial score (nSPS) is 30.9. The molecule has 0 aliphatic carbocycles. The highest BCUT2D eigenvalue weighted by molar-refractivity contribution is 7.90. The first-order chi connectivity index (χ1) is 5.12. The Labute approximate surface area is 67.4 Å². The molecule has 1 atom stereocenters. The number of sulfonamides is 1. The molecule has 1 unspecified atom stereocenters. The highest BCUT2D eigenvalue weighted by atomic mass is 32.2. The average molecular weight is 178 g/mol. The van der Waals surface area contributed by atoms with Crippen molar-refractivity contribution in [2.75, 3.05) is 19.6 Å². The quantitative estimate of drug-likeness (QED) is 0.612. The minimum atomic E-state index is -3.02. The largest absolute Gasteiger partial charge is 0.329 e. The third-order valence-corrected chi connectivity index (χ3v) is 4.53. The van der Waals surface area contributed by atoms with Crippen molar-refractivity contribution in [3.63, 3.8) is 0 Å². The van der Waals surface area contributed by atoms with Crippen molar-refractivity contribution in [1.82, 2.24) is 4.31 Å². The summed E-state index contributed by atoms with van der Waals surface area (Å²) in [7, 11) is -3.02. The van der Waals surface area contributed by atoms with Crippen LogP contribution in [0.25, 0.3) is 0 Å². The molecule has 0 amide bonds.